The van der Waals surface area contributed by atoms with Crippen molar-refractivity contribution in [1.82, 2.24) is 4.31 Å². The molecule has 3 aromatic carbocycles. The number of fused-ring (bicyclic) bond motifs is 1. The Morgan fingerprint density at radius 1 is 1.00 bits per heavy atom. The monoisotopic (exact) mass is 382 g/mol. The van der Waals surface area contributed by atoms with Gasteiger partial charge in [0.1, 0.15) is 0 Å². The van der Waals surface area contributed by atoms with Gasteiger partial charge >= 0.3 is 0 Å². The molecular weight excluding hydrogens is 360 g/mol. The predicted molar refractivity (Wildman–Crippen MR) is 108 cm³/mol. The van der Waals surface area contributed by atoms with Crippen LogP contribution in [0.25, 0.3) is 10.8 Å². The van der Waals surface area contributed by atoms with Gasteiger partial charge in [0.25, 0.3) is 0 Å². The molecular formula is C21H22N2O3S. The summed E-state index contributed by atoms with van der Waals surface area (Å²) in [5.41, 5.74) is 2.24. The van der Waals surface area contributed by atoms with Gasteiger partial charge in [-0.05, 0) is 41.0 Å². The highest BCUT2D eigenvalue weighted by Gasteiger charge is 2.19. The number of sulfonamides is 1. The van der Waals surface area contributed by atoms with Gasteiger partial charge in [-0.1, -0.05) is 48.5 Å². The summed E-state index contributed by atoms with van der Waals surface area (Å²) < 4.78 is 25.8. The van der Waals surface area contributed by atoms with E-state index in [1.807, 2.05) is 49.4 Å². The van der Waals surface area contributed by atoms with E-state index in [4.69, 9.17) is 0 Å². The second-order valence-electron chi connectivity index (χ2n) is 6.63. The van der Waals surface area contributed by atoms with E-state index >= 15 is 0 Å². The smallest absolute Gasteiger partial charge is 0.242 e. The Balaban J connectivity index is 1.86. The van der Waals surface area contributed by atoms with Crippen molar-refractivity contribution < 1.29 is 13.2 Å². The molecule has 0 heterocycles. The molecule has 3 aromatic rings. The molecule has 0 bridgehead atoms. The Labute approximate surface area is 159 Å². The number of amides is 1. The molecule has 1 N–H and O–H groups in total. The van der Waals surface area contributed by atoms with Gasteiger partial charge in [-0.15, -0.1) is 0 Å². The molecule has 27 heavy (non-hydrogen) atoms. The number of nitrogens with one attached hydrogen (secondary N) is 1. The van der Waals surface area contributed by atoms with Crippen molar-refractivity contribution in [1.29, 1.82) is 0 Å². The molecule has 0 atom stereocenters. The Morgan fingerprint density at radius 2 is 1.70 bits per heavy atom. The minimum Gasteiger partial charge on any atom is -0.326 e. The van der Waals surface area contributed by atoms with Crippen LogP contribution in [0.5, 0.6) is 0 Å². The third-order valence-electron chi connectivity index (χ3n) is 4.49. The molecule has 0 aliphatic rings. The first-order valence-corrected chi connectivity index (χ1v) is 10.0. The van der Waals surface area contributed by atoms with Crippen LogP contribution in [0.15, 0.2) is 65.6 Å². The summed E-state index contributed by atoms with van der Waals surface area (Å²) >= 11 is 0. The molecule has 140 valence electrons. The van der Waals surface area contributed by atoms with Crippen LogP contribution in [0, 0.1) is 6.92 Å². The predicted octanol–water partition coefficient (Wildman–Crippen LogP) is 3.58. The first-order chi connectivity index (χ1) is 12.8. The third kappa shape index (κ3) is 4.02. The largest absolute Gasteiger partial charge is 0.326 e. The quantitative estimate of drug-likeness (QED) is 0.733. The standard InChI is InChI=1S/C21H22N2O3S/c1-15-11-12-18(27(25,26)23(2)3)14-20(15)22-21(24)13-17-9-6-8-16-7-4-5-10-19(16)17/h4-12,14H,13H2,1-3H3,(H,22,24). The van der Waals surface area contributed by atoms with Crippen LogP contribution in [-0.4, -0.2) is 32.7 Å². The molecule has 0 unspecified atom stereocenters. The molecule has 0 spiro atoms. The van der Waals surface area contributed by atoms with Crippen LogP contribution in [-0.2, 0) is 21.2 Å². The summed E-state index contributed by atoms with van der Waals surface area (Å²) in [4.78, 5) is 12.8. The zero-order valence-electron chi connectivity index (χ0n) is 15.6. The zero-order valence-corrected chi connectivity index (χ0v) is 16.4. The fraction of sp³-hybridized carbons (Fsp3) is 0.190. The first-order valence-electron chi connectivity index (χ1n) is 8.59. The molecule has 6 heteroatoms. The summed E-state index contributed by atoms with van der Waals surface area (Å²) in [5.74, 6) is -0.186. The van der Waals surface area contributed by atoms with E-state index < -0.39 is 10.0 Å². The van der Waals surface area contributed by atoms with Crippen molar-refractivity contribution in [3.63, 3.8) is 0 Å². The average Bonchev–Trinajstić information content (AvgIpc) is 2.63. The SMILES string of the molecule is Cc1ccc(S(=O)(=O)N(C)C)cc1NC(=O)Cc1cccc2ccccc12. The second kappa shape index (κ2) is 7.50. The molecule has 0 saturated carbocycles. The minimum absolute atomic E-state index is 0.151. The molecule has 0 saturated heterocycles. The van der Waals surface area contributed by atoms with Gasteiger partial charge in [-0.2, -0.15) is 0 Å². The van der Waals surface area contributed by atoms with Crippen LogP contribution in [0.1, 0.15) is 11.1 Å². The number of benzene rings is 3. The van der Waals surface area contributed by atoms with Crippen molar-refractivity contribution in [3.8, 4) is 0 Å². The van der Waals surface area contributed by atoms with Gasteiger partial charge in [0.15, 0.2) is 0 Å². The molecule has 0 aromatic heterocycles. The fourth-order valence-corrected chi connectivity index (χ4v) is 3.85. The normalized spacial score (nSPS) is 11.7. The van der Waals surface area contributed by atoms with Crippen molar-refractivity contribution in [2.45, 2.75) is 18.2 Å². The Morgan fingerprint density at radius 3 is 2.44 bits per heavy atom. The molecule has 0 aliphatic carbocycles. The molecule has 0 radical (unpaired) electrons. The van der Waals surface area contributed by atoms with Gasteiger partial charge < -0.3 is 5.32 Å². The lowest BCUT2D eigenvalue weighted by molar-refractivity contribution is -0.115. The fourth-order valence-electron chi connectivity index (χ4n) is 2.92. The van der Waals surface area contributed by atoms with Crippen molar-refractivity contribution in [2.24, 2.45) is 0 Å². The van der Waals surface area contributed by atoms with Crippen LogP contribution < -0.4 is 5.32 Å². The van der Waals surface area contributed by atoms with E-state index in [1.165, 1.54) is 20.2 Å². The maximum absolute atomic E-state index is 12.6. The maximum atomic E-state index is 12.6. The van der Waals surface area contributed by atoms with Gasteiger partial charge in [0, 0.05) is 19.8 Å². The number of rotatable bonds is 5. The Hall–Kier alpha value is -2.70. The molecule has 0 aliphatic heterocycles. The number of hydrogen-bond donors (Lipinski definition) is 1. The Kier molecular flexibility index (Phi) is 5.30. The number of carbonyl (C=O) groups excluding carboxylic acids is 1. The van der Waals surface area contributed by atoms with E-state index in [0.717, 1.165) is 26.2 Å². The number of nitrogens with zero attached hydrogens (tertiary/aromatic N) is 1. The number of hydrogen-bond acceptors (Lipinski definition) is 3. The lowest BCUT2D eigenvalue weighted by Crippen LogP contribution is -2.22. The maximum Gasteiger partial charge on any atom is 0.242 e. The molecule has 1 amide bonds. The number of carbonyl (C=O) groups is 1. The number of anilines is 1. The van der Waals surface area contributed by atoms with Gasteiger partial charge in [-0.25, -0.2) is 12.7 Å². The first kappa shape index (κ1) is 19.1. The summed E-state index contributed by atoms with van der Waals surface area (Å²) in [6, 6.07) is 18.5. The van der Waals surface area contributed by atoms with Crippen LogP contribution in [0.2, 0.25) is 0 Å². The summed E-state index contributed by atoms with van der Waals surface area (Å²) in [5, 5.41) is 4.97. The highest BCUT2D eigenvalue weighted by atomic mass is 32.2. The van der Waals surface area contributed by atoms with Gasteiger partial charge in [0.2, 0.25) is 15.9 Å². The highest BCUT2D eigenvalue weighted by Crippen LogP contribution is 2.23. The van der Waals surface area contributed by atoms with E-state index in [9.17, 15) is 13.2 Å². The highest BCUT2D eigenvalue weighted by molar-refractivity contribution is 7.89. The second-order valence-corrected chi connectivity index (χ2v) is 8.78. The lowest BCUT2D eigenvalue weighted by atomic mass is 10.0. The summed E-state index contributed by atoms with van der Waals surface area (Å²) in [7, 11) is -0.597. The molecule has 0 fully saturated rings. The van der Waals surface area contributed by atoms with E-state index in [2.05, 4.69) is 5.32 Å². The van der Waals surface area contributed by atoms with Gasteiger partial charge in [0.05, 0.1) is 11.3 Å². The summed E-state index contributed by atoms with van der Waals surface area (Å²) in [6.07, 6.45) is 0.214. The summed E-state index contributed by atoms with van der Waals surface area (Å²) in [6.45, 7) is 1.83. The van der Waals surface area contributed by atoms with Crippen LogP contribution >= 0.6 is 0 Å². The van der Waals surface area contributed by atoms with E-state index in [1.54, 1.807) is 12.1 Å². The third-order valence-corrected chi connectivity index (χ3v) is 6.30. The van der Waals surface area contributed by atoms with E-state index in [-0.39, 0.29) is 17.2 Å². The van der Waals surface area contributed by atoms with Crippen LogP contribution in [0.4, 0.5) is 5.69 Å². The van der Waals surface area contributed by atoms with Crippen molar-refractivity contribution in [3.05, 3.63) is 71.8 Å². The molecule has 5 nitrogen and oxygen atoms in total. The lowest BCUT2D eigenvalue weighted by Gasteiger charge is -2.14. The molecule has 3 rings (SSSR count). The topological polar surface area (TPSA) is 66.5 Å². The van der Waals surface area contributed by atoms with Crippen molar-refractivity contribution >= 4 is 32.4 Å². The zero-order chi connectivity index (χ0) is 19.6. The average molecular weight is 382 g/mol. The van der Waals surface area contributed by atoms with Crippen LogP contribution in [0.3, 0.4) is 0 Å². The van der Waals surface area contributed by atoms with Crippen molar-refractivity contribution in [2.75, 3.05) is 19.4 Å². The van der Waals surface area contributed by atoms with E-state index in [0.29, 0.717) is 5.69 Å². The van der Waals surface area contributed by atoms with Gasteiger partial charge in [-0.3, -0.25) is 4.79 Å². The number of aryl methyl sites for hydroxylation is 1. The Bertz CT molecular complexity index is 1100. The minimum atomic E-state index is -3.56.